The summed E-state index contributed by atoms with van der Waals surface area (Å²) in [5.41, 5.74) is 7.67. The van der Waals surface area contributed by atoms with Gasteiger partial charge in [-0.15, -0.1) is 0 Å². The Morgan fingerprint density at radius 2 is 1.38 bits per heavy atom. The molecule has 0 aliphatic heterocycles. The number of ether oxygens (including phenoxy) is 1. The van der Waals surface area contributed by atoms with Crippen LogP contribution in [0.15, 0.2) is 48.5 Å². The Kier molecular flexibility index (Phi) is 9.24. The molecular weight excluding hydrogens is 430 g/mol. The minimum atomic E-state index is -0.485. The standard InChI is InChI=1S/C27H37N3O4/c1-26(2,3)20-12-13-22(21(16-20)27(4,5)6)34-18-25(33)30-29-24(32)15-14-23(31)28-17-19-10-8-7-9-11-19/h7-13,16H,14-15,17-18H2,1-6H3,(H,28,31)(H,29,32)(H,30,33). The second-order valence-electron chi connectivity index (χ2n) is 10.4. The number of hydrogen-bond donors (Lipinski definition) is 3. The van der Waals surface area contributed by atoms with Gasteiger partial charge >= 0.3 is 0 Å². The summed E-state index contributed by atoms with van der Waals surface area (Å²) >= 11 is 0. The zero-order valence-corrected chi connectivity index (χ0v) is 21.1. The summed E-state index contributed by atoms with van der Waals surface area (Å²) in [7, 11) is 0. The molecule has 0 saturated heterocycles. The first kappa shape index (κ1) is 26.9. The molecule has 0 atom stereocenters. The van der Waals surface area contributed by atoms with Crippen LogP contribution in [0, 0.1) is 0 Å². The highest BCUT2D eigenvalue weighted by Crippen LogP contribution is 2.35. The Balaban J connectivity index is 1.77. The zero-order chi connectivity index (χ0) is 25.4. The molecule has 184 valence electrons. The van der Waals surface area contributed by atoms with Crippen LogP contribution >= 0.6 is 0 Å². The molecule has 0 saturated carbocycles. The van der Waals surface area contributed by atoms with Crippen LogP contribution in [0.4, 0.5) is 0 Å². The molecule has 3 N–H and O–H groups in total. The lowest BCUT2D eigenvalue weighted by atomic mass is 9.80. The fourth-order valence-corrected chi connectivity index (χ4v) is 3.20. The zero-order valence-electron chi connectivity index (χ0n) is 21.1. The number of nitrogens with one attached hydrogen (secondary N) is 3. The van der Waals surface area contributed by atoms with E-state index in [1.807, 2.05) is 42.5 Å². The first-order valence-corrected chi connectivity index (χ1v) is 11.5. The molecule has 0 aromatic heterocycles. The minimum absolute atomic E-state index is 0.00135. The van der Waals surface area contributed by atoms with E-state index in [9.17, 15) is 14.4 Å². The molecule has 7 heteroatoms. The number of hydrogen-bond acceptors (Lipinski definition) is 4. The van der Waals surface area contributed by atoms with Crippen molar-refractivity contribution in [3.05, 3.63) is 65.2 Å². The lowest BCUT2D eigenvalue weighted by Gasteiger charge is -2.27. The van der Waals surface area contributed by atoms with Crippen LogP contribution in [0.25, 0.3) is 0 Å². The van der Waals surface area contributed by atoms with Gasteiger partial charge in [0.2, 0.25) is 11.8 Å². The highest BCUT2D eigenvalue weighted by Gasteiger charge is 2.23. The molecule has 0 aliphatic rings. The van der Waals surface area contributed by atoms with E-state index < -0.39 is 11.8 Å². The SMILES string of the molecule is CC(C)(C)c1ccc(OCC(=O)NNC(=O)CCC(=O)NCc2ccccc2)c(C(C)(C)C)c1. The average molecular weight is 468 g/mol. The molecule has 7 nitrogen and oxygen atoms in total. The Hall–Kier alpha value is -3.35. The highest BCUT2D eigenvalue weighted by atomic mass is 16.5. The summed E-state index contributed by atoms with van der Waals surface area (Å²) in [6.45, 7) is 12.9. The monoisotopic (exact) mass is 467 g/mol. The molecule has 2 rings (SSSR count). The van der Waals surface area contributed by atoms with Gasteiger partial charge < -0.3 is 10.1 Å². The second kappa shape index (κ2) is 11.7. The van der Waals surface area contributed by atoms with Gasteiger partial charge in [-0.2, -0.15) is 0 Å². The molecule has 2 aromatic rings. The van der Waals surface area contributed by atoms with Crippen molar-refractivity contribution in [3.8, 4) is 5.75 Å². The maximum atomic E-state index is 12.2. The van der Waals surface area contributed by atoms with Gasteiger partial charge in [0.1, 0.15) is 5.75 Å². The van der Waals surface area contributed by atoms with E-state index in [4.69, 9.17) is 4.74 Å². The molecule has 0 unspecified atom stereocenters. The van der Waals surface area contributed by atoms with Crippen molar-refractivity contribution in [2.45, 2.75) is 71.8 Å². The predicted molar refractivity (Wildman–Crippen MR) is 133 cm³/mol. The van der Waals surface area contributed by atoms with Crippen LogP contribution in [0.2, 0.25) is 0 Å². The summed E-state index contributed by atoms with van der Waals surface area (Å²) in [6.07, 6.45) is -0.00962. The second-order valence-corrected chi connectivity index (χ2v) is 10.4. The number of rotatable bonds is 8. The van der Waals surface area contributed by atoms with Gasteiger partial charge in [0.05, 0.1) is 0 Å². The van der Waals surface area contributed by atoms with E-state index >= 15 is 0 Å². The van der Waals surface area contributed by atoms with Gasteiger partial charge in [0, 0.05) is 19.4 Å². The predicted octanol–water partition coefficient (Wildman–Crippen LogP) is 3.90. The van der Waals surface area contributed by atoms with Crippen LogP contribution in [0.3, 0.4) is 0 Å². The lowest BCUT2D eigenvalue weighted by molar-refractivity contribution is -0.131. The molecule has 34 heavy (non-hydrogen) atoms. The molecule has 0 heterocycles. The summed E-state index contributed by atoms with van der Waals surface area (Å²) < 4.78 is 5.77. The Labute approximate surface area is 202 Å². The normalized spacial score (nSPS) is 11.5. The quantitative estimate of drug-likeness (QED) is 0.513. The molecular formula is C27H37N3O4. The first-order chi connectivity index (χ1) is 15.9. The molecule has 2 aromatic carbocycles. The number of carbonyl (C=O) groups excluding carboxylic acids is 3. The minimum Gasteiger partial charge on any atom is -0.483 e. The van der Waals surface area contributed by atoms with E-state index in [0.717, 1.165) is 11.1 Å². The Bertz CT molecular complexity index is 989. The lowest BCUT2D eigenvalue weighted by Crippen LogP contribution is -2.44. The third-order valence-corrected chi connectivity index (χ3v) is 5.27. The van der Waals surface area contributed by atoms with Gasteiger partial charge in [-0.1, -0.05) is 84.0 Å². The van der Waals surface area contributed by atoms with Crippen molar-refractivity contribution in [2.75, 3.05) is 6.61 Å². The number of benzene rings is 2. The van der Waals surface area contributed by atoms with E-state index in [1.165, 1.54) is 5.56 Å². The highest BCUT2D eigenvalue weighted by molar-refractivity contribution is 5.86. The van der Waals surface area contributed by atoms with Crippen molar-refractivity contribution >= 4 is 17.7 Å². The summed E-state index contributed by atoms with van der Waals surface area (Å²) in [6, 6.07) is 15.5. The third kappa shape index (κ3) is 8.89. The van der Waals surface area contributed by atoms with Gasteiger partial charge in [0.25, 0.3) is 5.91 Å². The topological polar surface area (TPSA) is 96.5 Å². The van der Waals surface area contributed by atoms with Gasteiger partial charge in [0.15, 0.2) is 6.61 Å². The Morgan fingerprint density at radius 1 is 0.765 bits per heavy atom. The van der Waals surface area contributed by atoms with Gasteiger partial charge in [-0.05, 0) is 33.6 Å². The molecule has 0 aliphatic carbocycles. The molecule has 0 spiro atoms. The maximum absolute atomic E-state index is 12.2. The largest absolute Gasteiger partial charge is 0.483 e. The molecule has 0 bridgehead atoms. The number of hydrazine groups is 1. The van der Waals surface area contributed by atoms with Crippen LogP contribution in [-0.2, 0) is 31.8 Å². The van der Waals surface area contributed by atoms with Crippen molar-refractivity contribution in [3.63, 3.8) is 0 Å². The summed E-state index contributed by atoms with van der Waals surface area (Å²) in [5.74, 6) is -0.533. The summed E-state index contributed by atoms with van der Waals surface area (Å²) in [5, 5.41) is 2.76. The smallest absolute Gasteiger partial charge is 0.276 e. The molecule has 3 amide bonds. The molecule has 0 fully saturated rings. The van der Waals surface area contributed by atoms with Crippen molar-refractivity contribution in [2.24, 2.45) is 0 Å². The number of carbonyl (C=O) groups is 3. The van der Waals surface area contributed by atoms with Crippen molar-refractivity contribution < 1.29 is 19.1 Å². The van der Waals surface area contributed by atoms with Crippen LogP contribution in [-0.4, -0.2) is 24.3 Å². The van der Waals surface area contributed by atoms with Crippen molar-refractivity contribution in [1.29, 1.82) is 0 Å². The van der Waals surface area contributed by atoms with E-state index in [2.05, 4.69) is 63.8 Å². The van der Waals surface area contributed by atoms with Gasteiger partial charge in [-0.25, -0.2) is 0 Å². The van der Waals surface area contributed by atoms with Gasteiger partial charge in [-0.3, -0.25) is 25.2 Å². The van der Waals surface area contributed by atoms with Crippen LogP contribution in [0.1, 0.15) is 71.1 Å². The van der Waals surface area contributed by atoms with Crippen LogP contribution in [0.5, 0.6) is 5.75 Å². The van der Waals surface area contributed by atoms with E-state index in [1.54, 1.807) is 0 Å². The van der Waals surface area contributed by atoms with Crippen molar-refractivity contribution in [1.82, 2.24) is 16.2 Å². The molecule has 0 radical (unpaired) electrons. The maximum Gasteiger partial charge on any atom is 0.276 e. The van der Waals surface area contributed by atoms with Crippen LogP contribution < -0.4 is 20.9 Å². The Morgan fingerprint density at radius 3 is 2.00 bits per heavy atom. The fourth-order valence-electron chi connectivity index (χ4n) is 3.20. The summed E-state index contributed by atoms with van der Waals surface area (Å²) in [4.78, 5) is 36.1. The average Bonchev–Trinajstić information content (AvgIpc) is 2.78. The number of amides is 3. The van der Waals surface area contributed by atoms with E-state index in [-0.39, 0.29) is 36.2 Å². The fraction of sp³-hybridized carbons (Fsp3) is 0.444. The first-order valence-electron chi connectivity index (χ1n) is 11.5. The van der Waals surface area contributed by atoms with E-state index in [0.29, 0.717) is 12.3 Å². The third-order valence-electron chi connectivity index (χ3n) is 5.27.